The maximum atomic E-state index is 13.8. The molecule has 2 aromatic carbocycles. The zero-order valence-electron chi connectivity index (χ0n) is 21.8. The van der Waals surface area contributed by atoms with Gasteiger partial charge in [-0.25, -0.2) is 17.2 Å². The second-order valence-electron chi connectivity index (χ2n) is 9.36. The first-order valence-corrected chi connectivity index (χ1v) is 14.8. The van der Waals surface area contributed by atoms with Gasteiger partial charge in [-0.3, -0.25) is 13.9 Å². The molecule has 2 amide bonds. The van der Waals surface area contributed by atoms with Crippen LogP contribution >= 0.6 is 23.2 Å². The van der Waals surface area contributed by atoms with Gasteiger partial charge in [0.2, 0.25) is 21.8 Å². The zero-order valence-corrected chi connectivity index (χ0v) is 24.1. The monoisotopic (exact) mass is 591 g/mol. The molecular weight excluding hydrogens is 559 g/mol. The van der Waals surface area contributed by atoms with Crippen LogP contribution in [0.25, 0.3) is 0 Å². The number of carbonyl (C=O) groups is 2. The van der Waals surface area contributed by atoms with Gasteiger partial charge in [0.15, 0.2) is 11.6 Å². The molecule has 0 aliphatic heterocycles. The number of benzene rings is 2. The Bertz CT molecular complexity index is 1240. The second-order valence-corrected chi connectivity index (χ2v) is 12.1. The number of amides is 2. The number of carbonyl (C=O) groups excluding carboxylic acids is 2. The molecule has 38 heavy (non-hydrogen) atoms. The molecular formula is C26H33Cl2F2N3O4S. The molecule has 0 bridgehead atoms. The van der Waals surface area contributed by atoms with E-state index < -0.39 is 27.7 Å². The summed E-state index contributed by atoms with van der Waals surface area (Å²) in [6.07, 6.45) is 1.25. The van der Waals surface area contributed by atoms with Crippen LogP contribution in [0, 0.1) is 17.6 Å². The molecule has 1 atom stereocenters. The Morgan fingerprint density at radius 2 is 1.74 bits per heavy atom. The zero-order chi connectivity index (χ0) is 28.6. The third-order valence-corrected chi connectivity index (χ3v) is 7.55. The van der Waals surface area contributed by atoms with E-state index in [1.165, 1.54) is 4.90 Å². The van der Waals surface area contributed by atoms with Crippen molar-refractivity contribution >= 4 is 50.7 Å². The first-order valence-electron chi connectivity index (χ1n) is 12.2. The molecule has 0 aliphatic rings. The van der Waals surface area contributed by atoms with Crippen LogP contribution < -0.4 is 9.62 Å². The van der Waals surface area contributed by atoms with Crippen LogP contribution in [0.3, 0.4) is 0 Å². The number of anilines is 1. The summed E-state index contributed by atoms with van der Waals surface area (Å²) in [5.41, 5.74) is 0.544. The lowest BCUT2D eigenvalue weighted by Crippen LogP contribution is -2.49. The molecule has 2 rings (SSSR count). The van der Waals surface area contributed by atoms with Gasteiger partial charge in [0.1, 0.15) is 6.04 Å². The van der Waals surface area contributed by atoms with E-state index in [4.69, 9.17) is 23.2 Å². The summed E-state index contributed by atoms with van der Waals surface area (Å²) in [7, 11) is -3.85. The first kappa shape index (κ1) is 31.8. The molecule has 0 heterocycles. The van der Waals surface area contributed by atoms with Crippen molar-refractivity contribution in [2.75, 3.05) is 23.7 Å². The fraction of sp³-hybridized carbons (Fsp3) is 0.462. The minimum atomic E-state index is -3.85. The summed E-state index contributed by atoms with van der Waals surface area (Å²) < 4.78 is 52.7. The van der Waals surface area contributed by atoms with Crippen molar-refractivity contribution in [1.82, 2.24) is 10.2 Å². The van der Waals surface area contributed by atoms with Gasteiger partial charge in [-0.1, -0.05) is 50.0 Å². The third-order valence-electron chi connectivity index (χ3n) is 5.77. The highest BCUT2D eigenvalue weighted by atomic mass is 35.5. The molecule has 0 spiro atoms. The number of sulfonamides is 1. The first-order chi connectivity index (χ1) is 17.7. The number of rotatable bonds is 13. The number of hydrogen-bond donors (Lipinski definition) is 1. The summed E-state index contributed by atoms with van der Waals surface area (Å²) in [6.45, 7) is 6.04. The standard InChI is InChI=1S/C26H33Cl2F2N3O4S/c1-5-24(26(35)31-15-17(2)3)32(16-18-8-9-19(27)13-21(18)28)25(34)7-6-12-33(38(4,36)37)20-10-11-22(29)23(30)14-20/h8-11,13-14,17,24H,5-7,12,15-16H2,1-4H3,(H,31,35). The lowest BCUT2D eigenvalue weighted by Gasteiger charge is -2.31. The fourth-order valence-electron chi connectivity index (χ4n) is 3.82. The van der Waals surface area contributed by atoms with Crippen molar-refractivity contribution in [2.24, 2.45) is 5.92 Å². The topological polar surface area (TPSA) is 86.8 Å². The molecule has 0 saturated carbocycles. The SMILES string of the molecule is CCC(C(=O)NCC(C)C)N(Cc1ccc(Cl)cc1Cl)C(=O)CCCN(c1ccc(F)c(F)c1)S(C)(=O)=O. The van der Waals surface area contributed by atoms with Crippen LogP contribution in [0.2, 0.25) is 10.0 Å². The minimum absolute atomic E-state index is 0.0431. The average molecular weight is 593 g/mol. The Labute approximate surface area is 233 Å². The van der Waals surface area contributed by atoms with E-state index in [9.17, 15) is 26.8 Å². The highest BCUT2D eigenvalue weighted by molar-refractivity contribution is 7.92. The molecule has 12 heteroatoms. The molecule has 1 unspecified atom stereocenters. The van der Waals surface area contributed by atoms with Crippen molar-refractivity contribution in [3.8, 4) is 0 Å². The molecule has 0 aliphatic carbocycles. The molecule has 1 N–H and O–H groups in total. The quantitative estimate of drug-likeness (QED) is 0.338. The molecule has 7 nitrogen and oxygen atoms in total. The van der Waals surface area contributed by atoms with Gasteiger partial charge in [-0.05, 0) is 48.6 Å². The third kappa shape index (κ3) is 9.10. The van der Waals surface area contributed by atoms with E-state index in [1.54, 1.807) is 25.1 Å². The Morgan fingerprint density at radius 3 is 2.29 bits per heavy atom. The average Bonchev–Trinajstić information content (AvgIpc) is 2.82. The van der Waals surface area contributed by atoms with Crippen LogP contribution in [0.4, 0.5) is 14.5 Å². The van der Waals surface area contributed by atoms with Crippen LogP contribution in [0.1, 0.15) is 45.6 Å². The summed E-state index contributed by atoms with van der Waals surface area (Å²) in [6, 6.07) is 6.86. The molecule has 210 valence electrons. The largest absolute Gasteiger partial charge is 0.354 e. The number of nitrogens with one attached hydrogen (secondary N) is 1. The van der Waals surface area contributed by atoms with Gasteiger partial charge in [-0.2, -0.15) is 0 Å². The fourth-order valence-corrected chi connectivity index (χ4v) is 5.25. The molecule has 2 aromatic rings. The number of hydrogen-bond acceptors (Lipinski definition) is 4. The Morgan fingerprint density at radius 1 is 1.05 bits per heavy atom. The number of nitrogens with zero attached hydrogens (tertiary/aromatic N) is 2. The Kier molecular flexibility index (Phi) is 11.8. The minimum Gasteiger partial charge on any atom is -0.354 e. The van der Waals surface area contributed by atoms with E-state index in [0.29, 0.717) is 28.6 Å². The Hall–Kier alpha value is -2.43. The molecule has 0 aromatic heterocycles. The van der Waals surface area contributed by atoms with E-state index in [2.05, 4.69) is 5.32 Å². The smallest absolute Gasteiger partial charge is 0.242 e. The van der Waals surface area contributed by atoms with Crippen molar-refractivity contribution in [3.63, 3.8) is 0 Å². The maximum absolute atomic E-state index is 13.8. The van der Waals surface area contributed by atoms with Gasteiger partial charge >= 0.3 is 0 Å². The predicted octanol–water partition coefficient (Wildman–Crippen LogP) is 5.40. The van der Waals surface area contributed by atoms with Crippen molar-refractivity contribution in [1.29, 1.82) is 0 Å². The lowest BCUT2D eigenvalue weighted by molar-refractivity contribution is -0.141. The van der Waals surface area contributed by atoms with Crippen LogP contribution in [0.5, 0.6) is 0 Å². The summed E-state index contributed by atoms with van der Waals surface area (Å²) >= 11 is 12.3. The summed E-state index contributed by atoms with van der Waals surface area (Å²) in [4.78, 5) is 27.9. The summed E-state index contributed by atoms with van der Waals surface area (Å²) in [5.74, 6) is -2.77. The van der Waals surface area contributed by atoms with Crippen LogP contribution in [-0.2, 0) is 26.2 Å². The van der Waals surface area contributed by atoms with E-state index in [0.717, 1.165) is 28.8 Å². The molecule has 0 saturated heterocycles. The van der Waals surface area contributed by atoms with Crippen molar-refractivity contribution in [3.05, 3.63) is 63.6 Å². The molecule has 0 fully saturated rings. The second kappa shape index (κ2) is 14.1. The highest BCUT2D eigenvalue weighted by Crippen LogP contribution is 2.25. The van der Waals surface area contributed by atoms with E-state index in [1.807, 2.05) is 13.8 Å². The highest BCUT2D eigenvalue weighted by Gasteiger charge is 2.29. The van der Waals surface area contributed by atoms with Crippen LogP contribution in [0.15, 0.2) is 36.4 Å². The van der Waals surface area contributed by atoms with E-state index >= 15 is 0 Å². The maximum Gasteiger partial charge on any atom is 0.242 e. The van der Waals surface area contributed by atoms with Crippen molar-refractivity contribution in [2.45, 2.75) is 52.6 Å². The number of halogens is 4. The van der Waals surface area contributed by atoms with Gasteiger partial charge in [0, 0.05) is 42.2 Å². The Balaban J connectivity index is 2.26. The van der Waals surface area contributed by atoms with E-state index in [-0.39, 0.29) is 49.4 Å². The van der Waals surface area contributed by atoms with Crippen LogP contribution in [-0.4, -0.2) is 50.5 Å². The predicted molar refractivity (Wildman–Crippen MR) is 147 cm³/mol. The van der Waals surface area contributed by atoms with Gasteiger partial charge in [0.05, 0.1) is 11.9 Å². The normalized spacial score (nSPS) is 12.3. The van der Waals surface area contributed by atoms with Gasteiger partial charge < -0.3 is 10.2 Å². The van der Waals surface area contributed by atoms with Gasteiger partial charge in [0.25, 0.3) is 0 Å². The lowest BCUT2D eigenvalue weighted by atomic mass is 10.1. The van der Waals surface area contributed by atoms with Crippen molar-refractivity contribution < 1.29 is 26.8 Å². The van der Waals surface area contributed by atoms with Gasteiger partial charge in [-0.15, -0.1) is 0 Å². The molecule has 0 radical (unpaired) electrons. The summed E-state index contributed by atoms with van der Waals surface area (Å²) in [5, 5.41) is 3.63.